The van der Waals surface area contributed by atoms with E-state index in [9.17, 15) is 18.3 Å². The third-order valence-electron chi connectivity index (χ3n) is 2.72. The summed E-state index contributed by atoms with van der Waals surface area (Å²) in [5.41, 5.74) is -0.273. The van der Waals surface area contributed by atoms with Crippen LogP contribution in [-0.2, 0) is 10.2 Å². The number of hydrogen-bond acceptors (Lipinski definition) is 4. The molecule has 1 rings (SSSR count). The number of nitrogens with zero attached hydrogens (tertiary/aromatic N) is 1. The first-order chi connectivity index (χ1) is 9.27. The van der Waals surface area contributed by atoms with E-state index in [2.05, 4.69) is 4.72 Å². The van der Waals surface area contributed by atoms with Gasteiger partial charge < -0.3 is 10.2 Å². The molecule has 0 bridgehead atoms. The fraction of sp³-hybridized carbons (Fsp3) is 0.417. The molecule has 3 N–H and O–H groups in total. The van der Waals surface area contributed by atoms with Crippen LogP contribution in [0.5, 0.6) is 5.75 Å². The van der Waals surface area contributed by atoms with Gasteiger partial charge in [0.1, 0.15) is 5.75 Å². The van der Waals surface area contributed by atoms with Crippen LogP contribution >= 0.6 is 0 Å². The zero-order valence-electron chi connectivity index (χ0n) is 11.3. The van der Waals surface area contributed by atoms with Crippen molar-refractivity contribution in [1.29, 1.82) is 0 Å². The largest absolute Gasteiger partial charge is 0.506 e. The van der Waals surface area contributed by atoms with Crippen LogP contribution < -0.4 is 4.72 Å². The van der Waals surface area contributed by atoms with Crippen LogP contribution in [0, 0.1) is 0 Å². The summed E-state index contributed by atoms with van der Waals surface area (Å²) < 4.78 is 27.3. The zero-order valence-corrected chi connectivity index (χ0v) is 12.1. The average molecular weight is 302 g/mol. The monoisotopic (exact) mass is 302 g/mol. The van der Waals surface area contributed by atoms with Crippen molar-refractivity contribution in [1.82, 2.24) is 4.31 Å². The molecule has 0 radical (unpaired) electrons. The lowest BCUT2D eigenvalue weighted by atomic mass is 10.2. The van der Waals surface area contributed by atoms with Gasteiger partial charge >= 0.3 is 16.2 Å². The van der Waals surface area contributed by atoms with E-state index in [0.29, 0.717) is 13.0 Å². The molecule has 20 heavy (non-hydrogen) atoms. The molecular formula is C12H18N2O5S. The van der Waals surface area contributed by atoms with Crippen molar-refractivity contribution in [2.75, 3.05) is 18.3 Å². The van der Waals surface area contributed by atoms with E-state index in [-0.39, 0.29) is 17.0 Å². The van der Waals surface area contributed by atoms with Gasteiger partial charge in [-0.2, -0.15) is 12.7 Å². The predicted molar refractivity (Wildman–Crippen MR) is 75.1 cm³/mol. The lowest BCUT2D eigenvalue weighted by molar-refractivity contribution is 0.0697. The highest BCUT2D eigenvalue weighted by Crippen LogP contribution is 2.25. The summed E-state index contributed by atoms with van der Waals surface area (Å²) in [4.78, 5) is 10.8. The summed E-state index contributed by atoms with van der Waals surface area (Å²) >= 11 is 0. The van der Waals surface area contributed by atoms with Crippen molar-refractivity contribution in [2.45, 2.75) is 19.8 Å². The maximum Gasteiger partial charge on any atom is 0.335 e. The van der Waals surface area contributed by atoms with E-state index in [4.69, 9.17) is 5.11 Å². The summed E-state index contributed by atoms with van der Waals surface area (Å²) in [6.07, 6.45) is 1.55. The molecule has 8 heteroatoms. The Bertz CT molecular complexity index is 586. The first-order valence-corrected chi connectivity index (χ1v) is 7.52. The number of aromatic hydroxyl groups is 1. The smallest absolute Gasteiger partial charge is 0.335 e. The minimum atomic E-state index is -3.82. The maximum atomic E-state index is 12.0. The SMILES string of the molecule is CCCCN(C)S(=O)(=O)Nc1cc(C(=O)O)ccc1O. The van der Waals surface area contributed by atoms with Gasteiger partial charge in [-0.15, -0.1) is 0 Å². The maximum absolute atomic E-state index is 12.0. The Morgan fingerprint density at radius 1 is 1.40 bits per heavy atom. The number of aromatic carboxylic acids is 1. The van der Waals surface area contributed by atoms with Crippen LogP contribution in [-0.4, -0.2) is 42.5 Å². The van der Waals surface area contributed by atoms with E-state index in [1.165, 1.54) is 13.1 Å². The normalized spacial score (nSPS) is 11.6. The average Bonchev–Trinajstić information content (AvgIpc) is 2.37. The molecule has 1 aromatic rings. The molecule has 1 aromatic carbocycles. The molecule has 0 atom stereocenters. The molecular weight excluding hydrogens is 284 g/mol. The second kappa shape index (κ2) is 6.58. The number of phenols is 1. The Hall–Kier alpha value is -1.80. The van der Waals surface area contributed by atoms with Gasteiger partial charge in [-0.1, -0.05) is 13.3 Å². The number of hydrogen-bond donors (Lipinski definition) is 3. The fourth-order valence-corrected chi connectivity index (χ4v) is 2.44. The van der Waals surface area contributed by atoms with Crippen LogP contribution in [0.2, 0.25) is 0 Å². The van der Waals surface area contributed by atoms with E-state index in [1.54, 1.807) is 0 Å². The van der Waals surface area contributed by atoms with Gasteiger partial charge in [-0.25, -0.2) is 4.79 Å². The molecule has 0 spiro atoms. The minimum Gasteiger partial charge on any atom is -0.506 e. The Labute approximate surface area is 118 Å². The molecule has 0 aromatic heterocycles. The molecule has 0 unspecified atom stereocenters. The molecule has 0 fully saturated rings. The van der Waals surface area contributed by atoms with Crippen LogP contribution in [0.3, 0.4) is 0 Å². The van der Waals surface area contributed by atoms with Crippen molar-refractivity contribution in [3.63, 3.8) is 0 Å². The number of carbonyl (C=O) groups is 1. The number of rotatable bonds is 7. The predicted octanol–water partition coefficient (Wildman–Crippen LogP) is 1.48. The Morgan fingerprint density at radius 2 is 2.05 bits per heavy atom. The molecule has 0 aliphatic heterocycles. The number of nitrogens with one attached hydrogen (secondary N) is 1. The van der Waals surface area contributed by atoms with Gasteiger partial charge in [0, 0.05) is 13.6 Å². The van der Waals surface area contributed by atoms with Crippen LogP contribution in [0.25, 0.3) is 0 Å². The van der Waals surface area contributed by atoms with Gasteiger partial charge in [-0.3, -0.25) is 4.72 Å². The van der Waals surface area contributed by atoms with Crippen LogP contribution in [0.1, 0.15) is 30.1 Å². The van der Waals surface area contributed by atoms with E-state index < -0.39 is 16.2 Å². The summed E-state index contributed by atoms with van der Waals surface area (Å²) in [5, 5.41) is 18.5. The number of carboxylic acids is 1. The number of unbranched alkanes of at least 4 members (excludes halogenated alkanes) is 1. The summed E-state index contributed by atoms with van der Waals surface area (Å²) in [5.74, 6) is -1.53. The van der Waals surface area contributed by atoms with Gasteiger partial charge in [0.25, 0.3) is 0 Å². The minimum absolute atomic E-state index is 0.114. The first-order valence-electron chi connectivity index (χ1n) is 6.08. The summed E-state index contributed by atoms with van der Waals surface area (Å²) in [6, 6.07) is 3.40. The molecule has 0 saturated carbocycles. The zero-order chi connectivity index (χ0) is 15.3. The number of carboxylic acid groups (broad SMARTS) is 1. The lowest BCUT2D eigenvalue weighted by Crippen LogP contribution is -2.33. The topological polar surface area (TPSA) is 107 Å². The van der Waals surface area contributed by atoms with E-state index in [1.807, 2.05) is 6.92 Å². The molecule has 0 aliphatic rings. The third-order valence-corrected chi connectivity index (χ3v) is 4.20. The molecule has 0 saturated heterocycles. The third kappa shape index (κ3) is 4.10. The first kappa shape index (κ1) is 16.3. The second-order valence-electron chi connectivity index (χ2n) is 4.32. The Balaban J connectivity index is 2.97. The van der Waals surface area contributed by atoms with Crippen LogP contribution in [0.4, 0.5) is 5.69 Å². The van der Waals surface area contributed by atoms with Gasteiger partial charge in [0.05, 0.1) is 11.3 Å². The molecule has 7 nitrogen and oxygen atoms in total. The quantitative estimate of drug-likeness (QED) is 0.661. The molecule has 0 amide bonds. The molecule has 112 valence electrons. The van der Waals surface area contributed by atoms with Gasteiger partial charge in [0.2, 0.25) is 0 Å². The summed E-state index contributed by atoms with van der Waals surface area (Å²) in [6.45, 7) is 2.28. The molecule has 0 heterocycles. The van der Waals surface area contributed by atoms with Crippen molar-refractivity contribution in [3.05, 3.63) is 23.8 Å². The van der Waals surface area contributed by atoms with Crippen molar-refractivity contribution in [3.8, 4) is 5.75 Å². The second-order valence-corrected chi connectivity index (χ2v) is 6.10. The Morgan fingerprint density at radius 3 is 2.60 bits per heavy atom. The van der Waals surface area contributed by atoms with Crippen LogP contribution in [0.15, 0.2) is 18.2 Å². The number of benzene rings is 1. The number of anilines is 1. The highest BCUT2D eigenvalue weighted by molar-refractivity contribution is 7.90. The van der Waals surface area contributed by atoms with Crippen molar-refractivity contribution >= 4 is 21.9 Å². The van der Waals surface area contributed by atoms with Crippen molar-refractivity contribution < 1.29 is 23.4 Å². The summed E-state index contributed by atoms with van der Waals surface area (Å²) in [7, 11) is -2.41. The van der Waals surface area contributed by atoms with E-state index in [0.717, 1.165) is 22.9 Å². The standard InChI is InChI=1S/C12H18N2O5S/c1-3-4-7-14(2)20(18,19)13-10-8-9(12(16)17)5-6-11(10)15/h5-6,8,13,15H,3-4,7H2,1-2H3,(H,16,17). The fourth-order valence-electron chi connectivity index (χ4n) is 1.47. The lowest BCUT2D eigenvalue weighted by Gasteiger charge is -2.18. The van der Waals surface area contributed by atoms with Gasteiger partial charge in [0.15, 0.2) is 0 Å². The van der Waals surface area contributed by atoms with E-state index >= 15 is 0 Å². The van der Waals surface area contributed by atoms with Crippen molar-refractivity contribution in [2.24, 2.45) is 0 Å². The highest BCUT2D eigenvalue weighted by Gasteiger charge is 2.19. The number of phenolic OH excluding ortho intramolecular Hbond substituents is 1. The highest BCUT2D eigenvalue weighted by atomic mass is 32.2. The molecule has 0 aliphatic carbocycles. The Kier molecular flexibility index (Phi) is 5.34. The van der Waals surface area contributed by atoms with Gasteiger partial charge in [-0.05, 0) is 24.6 Å².